The van der Waals surface area contributed by atoms with Crippen LogP contribution in [0.2, 0.25) is 0 Å². The van der Waals surface area contributed by atoms with Gasteiger partial charge in [-0.15, -0.1) is 0 Å². The van der Waals surface area contributed by atoms with Crippen molar-refractivity contribution in [3.63, 3.8) is 0 Å². The highest BCUT2D eigenvalue weighted by Crippen LogP contribution is 2.36. The molecule has 4 rings (SSSR count). The van der Waals surface area contributed by atoms with Gasteiger partial charge in [0.05, 0.1) is 17.0 Å². The van der Waals surface area contributed by atoms with Gasteiger partial charge in [-0.25, -0.2) is 4.39 Å². The van der Waals surface area contributed by atoms with Crippen LogP contribution in [0.5, 0.6) is 0 Å². The number of aryl methyl sites for hydroxylation is 1. The van der Waals surface area contributed by atoms with Crippen molar-refractivity contribution < 1.29 is 13.6 Å². The summed E-state index contributed by atoms with van der Waals surface area (Å²) in [6.07, 6.45) is 0. The zero-order chi connectivity index (χ0) is 17.0. The van der Waals surface area contributed by atoms with Crippen LogP contribution < -0.4 is 5.43 Å². The van der Waals surface area contributed by atoms with Gasteiger partial charge in [0.15, 0.2) is 5.43 Å². The van der Waals surface area contributed by atoms with Gasteiger partial charge in [0.25, 0.3) is 5.91 Å². The Morgan fingerprint density at radius 3 is 2.50 bits per heavy atom. The summed E-state index contributed by atoms with van der Waals surface area (Å²) in [7, 11) is 1.61. The molecule has 2 aromatic carbocycles. The normalized spacial score (nSPS) is 16.7. The molecule has 0 radical (unpaired) electrons. The molecule has 0 bridgehead atoms. The number of benzene rings is 2. The predicted molar refractivity (Wildman–Crippen MR) is 87.6 cm³/mol. The largest absolute Gasteiger partial charge is 0.450 e. The first-order valence-electron chi connectivity index (χ1n) is 7.57. The van der Waals surface area contributed by atoms with Crippen molar-refractivity contribution in [3.05, 3.63) is 81.0 Å². The minimum Gasteiger partial charge on any atom is -0.450 e. The van der Waals surface area contributed by atoms with Crippen LogP contribution in [0, 0.1) is 12.7 Å². The quantitative estimate of drug-likeness (QED) is 0.689. The van der Waals surface area contributed by atoms with Gasteiger partial charge in [-0.1, -0.05) is 23.8 Å². The number of nitrogens with zero attached hydrogens (tertiary/aromatic N) is 1. The Kier molecular flexibility index (Phi) is 3.06. The Morgan fingerprint density at radius 2 is 1.79 bits per heavy atom. The molecule has 2 heterocycles. The third kappa shape index (κ3) is 1.98. The Hall–Kier alpha value is -2.95. The van der Waals surface area contributed by atoms with Gasteiger partial charge in [-0.2, -0.15) is 0 Å². The van der Waals surface area contributed by atoms with Gasteiger partial charge >= 0.3 is 0 Å². The molecule has 0 fully saturated rings. The summed E-state index contributed by atoms with van der Waals surface area (Å²) < 4.78 is 18.9. The molecule has 1 aliphatic heterocycles. The smallest absolute Gasteiger partial charge is 0.290 e. The zero-order valence-electron chi connectivity index (χ0n) is 13.2. The molecule has 4 nitrogen and oxygen atoms in total. The van der Waals surface area contributed by atoms with E-state index in [-0.39, 0.29) is 22.9 Å². The average molecular weight is 323 g/mol. The van der Waals surface area contributed by atoms with Crippen molar-refractivity contribution in [2.24, 2.45) is 0 Å². The standard InChI is InChI=1S/C19H14FNO3/c1-10-3-8-14-13(9-10)17(22)15-16(11-4-6-12(20)7-5-11)21(2)19(23)18(15)24-14/h3-9,16H,1-2H3/t16-/m0/s1. The lowest BCUT2D eigenvalue weighted by Crippen LogP contribution is -2.25. The van der Waals surface area contributed by atoms with E-state index in [9.17, 15) is 14.0 Å². The fraction of sp³-hybridized carbons (Fsp3) is 0.158. The maximum absolute atomic E-state index is 13.2. The molecular weight excluding hydrogens is 309 g/mol. The molecule has 3 aromatic rings. The van der Waals surface area contributed by atoms with Crippen LogP contribution in [0.25, 0.3) is 11.0 Å². The summed E-state index contributed by atoms with van der Waals surface area (Å²) in [5, 5.41) is 0.448. The Balaban J connectivity index is 2.03. The summed E-state index contributed by atoms with van der Waals surface area (Å²) in [6.45, 7) is 1.89. The van der Waals surface area contributed by atoms with E-state index in [2.05, 4.69) is 0 Å². The van der Waals surface area contributed by atoms with Gasteiger partial charge < -0.3 is 9.32 Å². The molecular formula is C19H14FNO3. The second kappa shape index (κ2) is 5.03. The highest BCUT2D eigenvalue weighted by atomic mass is 19.1. The maximum atomic E-state index is 13.2. The lowest BCUT2D eigenvalue weighted by Gasteiger charge is -2.20. The summed E-state index contributed by atoms with van der Waals surface area (Å²) >= 11 is 0. The first-order chi connectivity index (χ1) is 11.5. The molecule has 1 aromatic heterocycles. The molecule has 5 heteroatoms. The van der Waals surface area contributed by atoms with Crippen LogP contribution in [0.3, 0.4) is 0 Å². The van der Waals surface area contributed by atoms with Gasteiger partial charge in [0.1, 0.15) is 11.4 Å². The van der Waals surface area contributed by atoms with E-state index in [0.717, 1.165) is 5.56 Å². The van der Waals surface area contributed by atoms with E-state index >= 15 is 0 Å². The SMILES string of the molecule is Cc1ccc2oc3c(c(=O)c2c1)[C@H](c1ccc(F)cc1)N(C)C3=O. The molecule has 1 aliphatic rings. The third-order valence-electron chi connectivity index (χ3n) is 4.44. The Labute approximate surface area is 137 Å². The average Bonchev–Trinajstić information content (AvgIpc) is 2.82. The van der Waals surface area contributed by atoms with Crippen molar-refractivity contribution in [1.82, 2.24) is 4.90 Å². The van der Waals surface area contributed by atoms with E-state index in [4.69, 9.17) is 4.42 Å². The van der Waals surface area contributed by atoms with Gasteiger partial charge in [0.2, 0.25) is 5.76 Å². The zero-order valence-corrected chi connectivity index (χ0v) is 13.2. The number of amides is 1. The number of rotatable bonds is 1. The van der Waals surface area contributed by atoms with Crippen LogP contribution in [0.1, 0.15) is 33.3 Å². The second-order valence-electron chi connectivity index (χ2n) is 6.04. The van der Waals surface area contributed by atoms with Crippen molar-refractivity contribution in [2.45, 2.75) is 13.0 Å². The molecule has 0 N–H and O–H groups in total. The second-order valence-corrected chi connectivity index (χ2v) is 6.04. The highest BCUT2D eigenvalue weighted by molar-refractivity contribution is 5.98. The van der Waals surface area contributed by atoms with Crippen molar-refractivity contribution >= 4 is 16.9 Å². The van der Waals surface area contributed by atoms with Crippen molar-refractivity contribution in [3.8, 4) is 0 Å². The molecule has 1 amide bonds. The van der Waals surface area contributed by atoms with Crippen LogP contribution in [0.15, 0.2) is 51.7 Å². The number of carbonyl (C=O) groups excluding carboxylic acids is 1. The van der Waals surface area contributed by atoms with E-state index in [0.29, 0.717) is 22.1 Å². The number of hydrogen-bond acceptors (Lipinski definition) is 3. The van der Waals surface area contributed by atoms with Gasteiger partial charge in [-0.3, -0.25) is 9.59 Å². The first kappa shape index (κ1) is 14.6. The topological polar surface area (TPSA) is 50.5 Å². The summed E-state index contributed by atoms with van der Waals surface area (Å²) in [4.78, 5) is 27.0. The number of fused-ring (bicyclic) bond motifs is 2. The minimum atomic E-state index is -0.575. The molecule has 0 spiro atoms. The summed E-state index contributed by atoms with van der Waals surface area (Å²) in [5.74, 6) is -0.654. The van der Waals surface area contributed by atoms with Crippen molar-refractivity contribution in [2.75, 3.05) is 7.05 Å². The minimum absolute atomic E-state index is 0.0631. The number of hydrogen-bond donors (Lipinski definition) is 0. The third-order valence-corrected chi connectivity index (χ3v) is 4.44. The molecule has 0 saturated carbocycles. The first-order valence-corrected chi connectivity index (χ1v) is 7.57. The van der Waals surface area contributed by atoms with Crippen LogP contribution >= 0.6 is 0 Å². The van der Waals surface area contributed by atoms with E-state index in [1.807, 2.05) is 13.0 Å². The molecule has 120 valence electrons. The Bertz CT molecular complexity index is 1040. The van der Waals surface area contributed by atoms with E-state index in [1.165, 1.54) is 17.0 Å². The Morgan fingerprint density at radius 1 is 1.08 bits per heavy atom. The fourth-order valence-electron chi connectivity index (χ4n) is 3.24. The van der Waals surface area contributed by atoms with Gasteiger partial charge in [0, 0.05) is 7.05 Å². The van der Waals surface area contributed by atoms with Gasteiger partial charge in [-0.05, 0) is 36.8 Å². The molecule has 24 heavy (non-hydrogen) atoms. The van der Waals surface area contributed by atoms with E-state index < -0.39 is 6.04 Å². The number of carbonyl (C=O) groups is 1. The maximum Gasteiger partial charge on any atom is 0.290 e. The van der Waals surface area contributed by atoms with E-state index in [1.54, 1.807) is 31.3 Å². The lowest BCUT2D eigenvalue weighted by atomic mass is 9.98. The van der Waals surface area contributed by atoms with Crippen molar-refractivity contribution in [1.29, 1.82) is 0 Å². The monoisotopic (exact) mass is 323 g/mol. The summed E-state index contributed by atoms with van der Waals surface area (Å²) in [6, 6.07) is 10.5. The fourth-order valence-corrected chi connectivity index (χ4v) is 3.24. The lowest BCUT2D eigenvalue weighted by molar-refractivity contribution is 0.0771. The van der Waals surface area contributed by atoms with Crippen LogP contribution in [-0.2, 0) is 0 Å². The highest BCUT2D eigenvalue weighted by Gasteiger charge is 2.40. The molecule has 0 saturated heterocycles. The number of halogens is 1. The molecule has 0 aliphatic carbocycles. The summed E-state index contributed by atoms with van der Waals surface area (Å²) in [5.41, 5.74) is 2.09. The molecule has 1 atom stereocenters. The van der Waals surface area contributed by atoms with Crippen LogP contribution in [0.4, 0.5) is 4.39 Å². The van der Waals surface area contributed by atoms with Crippen LogP contribution in [-0.4, -0.2) is 17.9 Å². The predicted octanol–water partition coefficient (Wildman–Crippen LogP) is 3.42. The molecule has 0 unspecified atom stereocenters.